The standard InChI is InChI=1S/C12H14N2O2S2/c1-9-5-6-12(17-9)18(15,16)14-11-4-2-3-10(7-11)8-13/h2-7,14H,8,13H2,1H3. The highest BCUT2D eigenvalue weighted by atomic mass is 32.2. The van der Waals surface area contributed by atoms with Gasteiger partial charge in [-0.2, -0.15) is 0 Å². The first-order chi connectivity index (χ1) is 8.51. The Hall–Kier alpha value is -1.37. The van der Waals surface area contributed by atoms with Crippen molar-refractivity contribution in [2.75, 3.05) is 4.72 Å². The Bertz CT molecular complexity index is 648. The molecule has 3 N–H and O–H groups in total. The summed E-state index contributed by atoms with van der Waals surface area (Å²) in [6, 6.07) is 10.5. The van der Waals surface area contributed by atoms with Crippen LogP contribution in [-0.4, -0.2) is 8.42 Å². The second-order valence-electron chi connectivity index (χ2n) is 3.88. The lowest BCUT2D eigenvalue weighted by atomic mass is 10.2. The normalized spacial score (nSPS) is 11.4. The lowest BCUT2D eigenvalue weighted by Crippen LogP contribution is -2.11. The molecule has 96 valence electrons. The van der Waals surface area contributed by atoms with Crippen LogP contribution in [0.1, 0.15) is 10.4 Å². The molecule has 1 aromatic carbocycles. The van der Waals surface area contributed by atoms with Gasteiger partial charge in [-0.25, -0.2) is 8.42 Å². The Kier molecular flexibility index (Phi) is 3.70. The first kappa shape index (κ1) is 13.1. The van der Waals surface area contributed by atoms with E-state index in [0.29, 0.717) is 16.4 Å². The lowest BCUT2D eigenvalue weighted by molar-refractivity contribution is 0.603. The fourth-order valence-corrected chi connectivity index (χ4v) is 3.86. The van der Waals surface area contributed by atoms with E-state index in [2.05, 4.69) is 4.72 Å². The molecule has 0 aliphatic carbocycles. The molecule has 0 fully saturated rings. The predicted molar refractivity (Wildman–Crippen MR) is 74.2 cm³/mol. The van der Waals surface area contributed by atoms with Crippen LogP contribution < -0.4 is 10.5 Å². The third-order valence-electron chi connectivity index (χ3n) is 2.40. The van der Waals surface area contributed by atoms with Crippen molar-refractivity contribution in [3.63, 3.8) is 0 Å². The summed E-state index contributed by atoms with van der Waals surface area (Å²) >= 11 is 1.25. The molecule has 0 bridgehead atoms. The van der Waals surface area contributed by atoms with Crippen LogP contribution in [0.2, 0.25) is 0 Å². The van der Waals surface area contributed by atoms with E-state index in [1.54, 1.807) is 30.3 Å². The molecule has 1 heterocycles. The maximum absolute atomic E-state index is 12.1. The van der Waals surface area contributed by atoms with Crippen molar-refractivity contribution >= 4 is 27.0 Å². The number of anilines is 1. The summed E-state index contributed by atoms with van der Waals surface area (Å²) in [5, 5.41) is 0. The monoisotopic (exact) mass is 282 g/mol. The van der Waals surface area contributed by atoms with Gasteiger partial charge in [-0.05, 0) is 36.8 Å². The fraction of sp³-hybridized carbons (Fsp3) is 0.167. The molecule has 6 heteroatoms. The molecule has 0 saturated heterocycles. The Labute approximate surface area is 111 Å². The Balaban J connectivity index is 2.27. The van der Waals surface area contributed by atoms with Gasteiger partial charge in [0.15, 0.2) is 0 Å². The third-order valence-corrected chi connectivity index (χ3v) is 5.27. The molecule has 0 spiro atoms. The number of hydrogen-bond acceptors (Lipinski definition) is 4. The van der Waals surface area contributed by atoms with Crippen molar-refractivity contribution in [2.24, 2.45) is 5.73 Å². The van der Waals surface area contributed by atoms with Crippen molar-refractivity contribution in [3.05, 3.63) is 46.8 Å². The van der Waals surface area contributed by atoms with Crippen molar-refractivity contribution in [3.8, 4) is 0 Å². The van der Waals surface area contributed by atoms with Gasteiger partial charge in [0.25, 0.3) is 10.0 Å². The van der Waals surface area contributed by atoms with Crippen LogP contribution in [0.5, 0.6) is 0 Å². The first-order valence-electron chi connectivity index (χ1n) is 5.39. The Morgan fingerprint density at radius 1 is 1.28 bits per heavy atom. The van der Waals surface area contributed by atoms with E-state index < -0.39 is 10.0 Å². The van der Waals surface area contributed by atoms with Crippen LogP contribution >= 0.6 is 11.3 Å². The van der Waals surface area contributed by atoms with Gasteiger partial charge in [-0.3, -0.25) is 4.72 Å². The van der Waals surface area contributed by atoms with Crippen LogP contribution in [0.3, 0.4) is 0 Å². The largest absolute Gasteiger partial charge is 0.326 e. The average Bonchev–Trinajstić information content (AvgIpc) is 2.76. The van der Waals surface area contributed by atoms with Gasteiger partial charge in [0.2, 0.25) is 0 Å². The number of nitrogens with two attached hydrogens (primary N) is 1. The maximum Gasteiger partial charge on any atom is 0.271 e. The van der Waals surface area contributed by atoms with E-state index in [9.17, 15) is 8.42 Å². The minimum atomic E-state index is -3.49. The number of rotatable bonds is 4. The van der Waals surface area contributed by atoms with E-state index in [-0.39, 0.29) is 0 Å². The molecule has 4 nitrogen and oxygen atoms in total. The predicted octanol–water partition coefficient (Wildman–Crippen LogP) is 2.32. The SMILES string of the molecule is Cc1ccc(S(=O)(=O)Nc2cccc(CN)c2)s1. The van der Waals surface area contributed by atoms with Crippen LogP contribution in [0.15, 0.2) is 40.6 Å². The summed E-state index contributed by atoms with van der Waals surface area (Å²) in [5.74, 6) is 0. The molecule has 1 aromatic heterocycles. The van der Waals surface area contributed by atoms with E-state index in [1.807, 2.05) is 13.0 Å². The Morgan fingerprint density at radius 3 is 2.67 bits per heavy atom. The summed E-state index contributed by atoms with van der Waals surface area (Å²) in [7, 11) is -3.49. The van der Waals surface area contributed by atoms with Crippen molar-refractivity contribution < 1.29 is 8.42 Å². The van der Waals surface area contributed by atoms with Crippen molar-refractivity contribution in [1.82, 2.24) is 0 Å². The maximum atomic E-state index is 12.1. The minimum Gasteiger partial charge on any atom is -0.326 e. The highest BCUT2D eigenvalue weighted by Gasteiger charge is 2.16. The van der Waals surface area contributed by atoms with E-state index in [0.717, 1.165) is 10.4 Å². The summed E-state index contributed by atoms with van der Waals surface area (Å²) < 4.78 is 27.0. The highest BCUT2D eigenvalue weighted by Crippen LogP contribution is 2.23. The second kappa shape index (κ2) is 5.09. The zero-order chi connectivity index (χ0) is 13.2. The van der Waals surface area contributed by atoms with Gasteiger partial charge in [-0.1, -0.05) is 12.1 Å². The zero-order valence-corrected chi connectivity index (χ0v) is 11.5. The molecule has 18 heavy (non-hydrogen) atoms. The second-order valence-corrected chi connectivity index (χ2v) is 7.07. The molecule has 0 unspecified atom stereocenters. The average molecular weight is 282 g/mol. The van der Waals surface area contributed by atoms with Gasteiger partial charge < -0.3 is 5.73 Å². The van der Waals surface area contributed by atoms with Crippen LogP contribution in [0, 0.1) is 6.92 Å². The number of sulfonamides is 1. The Morgan fingerprint density at radius 2 is 2.06 bits per heavy atom. The quantitative estimate of drug-likeness (QED) is 0.904. The van der Waals surface area contributed by atoms with E-state index >= 15 is 0 Å². The van der Waals surface area contributed by atoms with Crippen molar-refractivity contribution in [1.29, 1.82) is 0 Å². The lowest BCUT2D eigenvalue weighted by Gasteiger charge is -2.07. The molecule has 0 saturated carbocycles. The summed E-state index contributed by atoms with van der Waals surface area (Å²) in [6.45, 7) is 2.26. The van der Waals surface area contributed by atoms with Gasteiger partial charge in [-0.15, -0.1) is 11.3 Å². The topological polar surface area (TPSA) is 72.2 Å². The minimum absolute atomic E-state index is 0.318. The third kappa shape index (κ3) is 2.90. The number of thiophene rings is 1. The molecule has 0 radical (unpaired) electrons. The van der Waals surface area contributed by atoms with Gasteiger partial charge in [0.05, 0.1) is 0 Å². The molecular formula is C12H14N2O2S2. The summed E-state index contributed by atoms with van der Waals surface area (Å²) in [6.07, 6.45) is 0. The van der Waals surface area contributed by atoms with Gasteiger partial charge in [0.1, 0.15) is 4.21 Å². The van der Waals surface area contributed by atoms with Gasteiger partial charge >= 0.3 is 0 Å². The van der Waals surface area contributed by atoms with E-state index in [1.165, 1.54) is 11.3 Å². The fourth-order valence-electron chi connectivity index (χ4n) is 1.52. The smallest absolute Gasteiger partial charge is 0.271 e. The van der Waals surface area contributed by atoms with Crippen LogP contribution in [0.4, 0.5) is 5.69 Å². The number of hydrogen-bond donors (Lipinski definition) is 2. The molecule has 2 rings (SSSR count). The zero-order valence-electron chi connectivity index (χ0n) is 9.88. The molecule has 0 amide bonds. The highest BCUT2D eigenvalue weighted by molar-refractivity contribution is 7.94. The number of aryl methyl sites for hydroxylation is 1. The van der Waals surface area contributed by atoms with Gasteiger partial charge in [0, 0.05) is 17.1 Å². The van der Waals surface area contributed by atoms with Crippen LogP contribution in [-0.2, 0) is 16.6 Å². The molecule has 0 aliphatic heterocycles. The number of nitrogens with one attached hydrogen (secondary N) is 1. The molecular weight excluding hydrogens is 268 g/mol. The molecule has 2 aromatic rings. The van der Waals surface area contributed by atoms with E-state index in [4.69, 9.17) is 5.73 Å². The summed E-state index contributed by atoms with van der Waals surface area (Å²) in [4.78, 5) is 0.964. The van der Waals surface area contributed by atoms with Crippen molar-refractivity contribution in [2.45, 2.75) is 17.7 Å². The number of benzene rings is 1. The summed E-state index contributed by atoms with van der Waals surface area (Å²) in [5.41, 5.74) is 6.94. The molecule has 0 atom stereocenters. The van der Waals surface area contributed by atoms with Crippen LogP contribution in [0.25, 0.3) is 0 Å². The molecule has 0 aliphatic rings. The first-order valence-corrected chi connectivity index (χ1v) is 7.69.